The Labute approximate surface area is 57.0 Å². The van der Waals surface area contributed by atoms with Gasteiger partial charge in [0.1, 0.15) is 0 Å². The molecule has 0 aromatic heterocycles. The fraction of sp³-hybridized carbons (Fsp3) is 1.00. The molecule has 0 spiro atoms. The normalized spacial score (nSPS) is 27.3. The maximum Gasteiger partial charge on any atom is 0.0137 e. The van der Waals surface area contributed by atoms with Crippen LogP contribution in [0.1, 0.15) is 20.3 Å². The Kier molecular flexibility index (Phi) is 2.09. The van der Waals surface area contributed by atoms with E-state index in [9.17, 15) is 0 Å². The van der Waals surface area contributed by atoms with Gasteiger partial charge in [-0.1, -0.05) is 0 Å². The Hall–Kier alpha value is -0.0800. The van der Waals surface area contributed by atoms with Crippen molar-refractivity contribution in [3.05, 3.63) is 0 Å². The van der Waals surface area contributed by atoms with Crippen LogP contribution in [0.25, 0.3) is 0 Å². The van der Waals surface area contributed by atoms with Gasteiger partial charge in [-0.05, 0) is 26.8 Å². The van der Waals surface area contributed by atoms with Crippen LogP contribution < -0.4 is 10.6 Å². The van der Waals surface area contributed by atoms with E-state index in [0.29, 0.717) is 5.54 Å². The van der Waals surface area contributed by atoms with Gasteiger partial charge >= 0.3 is 0 Å². The van der Waals surface area contributed by atoms with Crippen LogP contribution in [0.3, 0.4) is 0 Å². The lowest BCUT2D eigenvalue weighted by molar-refractivity contribution is 0.393. The maximum absolute atomic E-state index is 3.46. The molecule has 1 aliphatic heterocycles. The summed E-state index contributed by atoms with van der Waals surface area (Å²) in [6, 6.07) is 0. The first-order valence-corrected chi connectivity index (χ1v) is 3.66. The fourth-order valence-corrected chi connectivity index (χ4v) is 1.10. The zero-order valence-corrected chi connectivity index (χ0v) is 6.33. The Morgan fingerprint density at radius 3 is 2.67 bits per heavy atom. The highest BCUT2D eigenvalue weighted by atomic mass is 15.0. The minimum Gasteiger partial charge on any atom is -0.315 e. The van der Waals surface area contributed by atoms with Crippen LogP contribution in [-0.2, 0) is 0 Å². The third-order valence-electron chi connectivity index (χ3n) is 1.83. The first-order chi connectivity index (χ1) is 4.21. The zero-order valence-electron chi connectivity index (χ0n) is 6.33. The summed E-state index contributed by atoms with van der Waals surface area (Å²) < 4.78 is 0. The van der Waals surface area contributed by atoms with E-state index >= 15 is 0 Å². The first-order valence-electron chi connectivity index (χ1n) is 3.66. The van der Waals surface area contributed by atoms with E-state index in [1.165, 1.54) is 6.42 Å². The van der Waals surface area contributed by atoms with E-state index in [-0.39, 0.29) is 0 Å². The van der Waals surface area contributed by atoms with Crippen LogP contribution in [0.5, 0.6) is 0 Å². The van der Waals surface area contributed by atoms with Crippen LogP contribution in [0.4, 0.5) is 0 Å². The highest BCUT2D eigenvalue weighted by Crippen LogP contribution is 2.07. The molecule has 2 nitrogen and oxygen atoms in total. The lowest BCUT2D eigenvalue weighted by atomic mass is 10.0. The summed E-state index contributed by atoms with van der Waals surface area (Å²) in [6.45, 7) is 7.87. The van der Waals surface area contributed by atoms with Crippen LogP contribution in [-0.4, -0.2) is 25.2 Å². The molecule has 2 N–H and O–H groups in total. The molecule has 1 rings (SSSR count). The molecule has 0 bridgehead atoms. The van der Waals surface area contributed by atoms with E-state index in [1.54, 1.807) is 0 Å². The summed E-state index contributed by atoms with van der Waals surface area (Å²) in [5.41, 5.74) is 0.351. The molecule has 1 aliphatic rings. The van der Waals surface area contributed by atoms with Gasteiger partial charge in [0, 0.05) is 18.6 Å². The number of rotatable bonds is 0. The molecule has 1 heterocycles. The maximum atomic E-state index is 3.46. The number of nitrogens with one attached hydrogen (secondary N) is 2. The van der Waals surface area contributed by atoms with Gasteiger partial charge in [-0.15, -0.1) is 0 Å². The second-order valence-corrected chi connectivity index (χ2v) is 3.31. The smallest absolute Gasteiger partial charge is 0.0137 e. The first kappa shape index (κ1) is 7.03. The second-order valence-electron chi connectivity index (χ2n) is 3.31. The minimum atomic E-state index is 0.351. The average molecular weight is 128 g/mol. The van der Waals surface area contributed by atoms with Gasteiger partial charge in [-0.3, -0.25) is 0 Å². The molecule has 0 unspecified atom stereocenters. The highest BCUT2D eigenvalue weighted by Gasteiger charge is 2.17. The van der Waals surface area contributed by atoms with Gasteiger partial charge in [0.05, 0.1) is 0 Å². The van der Waals surface area contributed by atoms with E-state index in [0.717, 1.165) is 19.6 Å². The van der Waals surface area contributed by atoms with Gasteiger partial charge < -0.3 is 10.6 Å². The quantitative estimate of drug-likeness (QED) is 0.492. The molecule has 0 aromatic carbocycles. The van der Waals surface area contributed by atoms with E-state index < -0.39 is 0 Å². The largest absolute Gasteiger partial charge is 0.315 e. The third kappa shape index (κ3) is 2.33. The molecular weight excluding hydrogens is 112 g/mol. The predicted molar refractivity (Wildman–Crippen MR) is 39.6 cm³/mol. The van der Waals surface area contributed by atoms with E-state index in [2.05, 4.69) is 24.5 Å². The summed E-state index contributed by atoms with van der Waals surface area (Å²) in [7, 11) is 0. The average Bonchev–Trinajstić information content (AvgIpc) is 1.92. The van der Waals surface area contributed by atoms with Crippen molar-refractivity contribution >= 4 is 0 Å². The summed E-state index contributed by atoms with van der Waals surface area (Å²) in [6.07, 6.45) is 1.23. The van der Waals surface area contributed by atoms with Crippen molar-refractivity contribution in [3.8, 4) is 0 Å². The molecular formula is C7H16N2. The molecule has 54 valence electrons. The van der Waals surface area contributed by atoms with Gasteiger partial charge in [-0.2, -0.15) is 0 Å². The van der Waals surface area contributed by atoms with Crippen LogP contribution >= 0.6 is 0 Å². The molecule has 0 radical (unpaired) electrons. The van der Waals surface area contributed by atoms with Gasteiger partial charge in [0.25, 0.3) is 0 Å². The highest BCUT2D eigenvalue weighted by molar-refractivity contribution is 4.80. The Balaban J connectivity index is 2.36. The summed E-state index contributed by atoms with van der Waals surface area (Å²) >= 11 is 0. The Morgan fingerprint density at radius 1 is 1.11 bits per heavy atom. The van der Waals surface area contributed by atoms with Crippen molar-refractivity contribution in [2.75, 3.05) is 19.6 Å². The number of hydrogen-bond donors (Lipinski definition) is 2. The molecule has 1 saturated heterocycles. The van der Waals surface area contributed by atoms with Crippen molar-refractivity contribution < 1.29 is 0 Å². The van der Waals surface area contributed by atoms with Crippen LogP contribution in [0.15, 0.2) is 0 Å². The molecule has 0 amide bonds. The van der Waals surface area contributed by atoms with Crippen LogP contribution in [0, 0.1) is 0 Å². The van der Waals surface area contributed by atoms with Crippen molar-refractivity contribution in [2.45, 2.75) is 25.8 Å². The Morgan fingerprint density at radius 2 is 1.89 bits per heavy atom. The van der Waals surface area contributed by atoms with Gasteiger partial charge in [-0.25, -0.2) is 0 Å². The monoisotopic (exact) mass is 128 g/mol. The van der Waals surface area contributed by atoms with Gasteiger partial charge in [0.15, 0.2) is 0 Å². The molecule has 0 aromatic rings. The zero-order chi connectivity index (χ0) is 6.74. The second kappa shape index (κ2) is 2.67. The minimum absolute atomic E-state index is 0.351. The van der Waals surface area contributed by atoms with Crippen molar-refractivity contribution in [3.63, 3.8) is 0 Å². The molecule has 2 heteroatoms. The van der Waals surface area contributed by atoms with E-state index in [4.69, 9.17) is 0 Å². The van der Waals surface area contributed by atoms with Crippen molar-refractivity contribution in [2.24, 2.45) is 0 Å². The van der Waals surface area contributed by atoms with E-state index in [1.807, 2.05) is 0 Å². The van der Waals surface area contributed by atoms with Gasteiger partial charge in [0.2, 0.25) is 0 Å². The Bertz CT molecular complexity index is 78.9. The van der Waals surface area contributed by atoms with Crippen molar-refractivity contribution in [1.82, 2.24) is 10.6 Å². The summed E-state index contributed by atoms with van der Waals surface area (Å²) in [5, 5.41) is 6.80. The summed E-state index contributed by atoms with van der Waals surface area (Å²) in [4.78, 5) is 0. The topological polar surface area (TPSA) is 24.1 Å². The standard InChI is InChI=1S/C7H16N2/c1-7(2)3-4-8-5-6-9-7/h8-9H,3-6H2,1-2H3. The molecule has 9 heavy (non-hydrogen) atoms. The lowest BCUT2D eigenvalue weighted by Crippen LogP contribution is -2.39. The summed E-state index contributed by atoms with van der Waals surface area (Å²) in [5.74, 6) is 0. The molecule has 0 aliphatic carbocycles. The number of hydrogen-bond acceptors (Lipinski definition) is 2. The molecule has 1 fully saturated rings. The van der Waals surface area contributed by atoms with Crippen molar-refractivity contribution in [1.29, 1.82) is 0 Å². The SMILES string of the molecule is CC1(C)CCNCCN1. The third-order valence-corrected chi connectivity index (χ3v) is 1.83. The fourth-order valence-electron chi connectivity index (χ4n) is 1.10. The van der Waals surface area contributed by atoms with Crippen LogP contribution in [0.2, 0.25) is 0 Å². The molecule has 0 saturated carbocycles. The lowest BCUT2D eigenvalue weighted by Gasteiger charge is -2.22. The molecule has 0 atom stereocenters. The predicted octanol–water partition coefficient (Wildman–Crippen LogP) is 0.348.